The molecule has 1 aromatic carbocycles. The summed E-state index contributed by atoms with van der Waals surface area (Å²) in [6, 6.07) is 10.6. The van der Waals surface area contributed by atoms with Crippen LogP contribution >= 0.6 is 0 Å². The normalized spacial score (nSPS) is 17.9. The second-order valence-electron chi connectivity index (χ2n) is 6.63. The standard InChI is InChI=1S/C18H30N2O/c1-18(15-19,11-10-16-6-4-3-5-7-16)20(2)12-13-21-14-17-8-9-17/h3-7,17H,8-15,19H2,1-2H3. The molecule has 21 heavy (non-hydrogen) atoms. The van der Waals surface area contributed by atoms with Crippen molar-refractivity contribution in [3.05, 3.63) is 35.9 Å². The lowest BCUT2D eigenvalue weighted by molar-refractivity contribution is 0.0625. The number of hydrogen-bond donors (Lipinski definition) is 1. The Balaban J connectivity index is 1.74. The van der Waals surface area contributed by atoms with Crippen LogP contribution < -0.4 is 5.73 Å². The maximum atomic E-state index is 6.05. The third-order valence-corrected chi connectivity index (χ3v) is 4.78. The summed E-state index contributed by atoms with van der Waals surface area (Å²) in [5.74, 6) is 0.842. The first-order valence-corrected chi connectivity index (χ1v) is 8.17. The third-order valence-electron chi connectivity index (χ3n) is 4.78. The lowest BCUT2D eigenvalue weighted by Crippen LogP contribution is -2.51. The molecule has 0 bridgehead atoms. The Bertz CT molecular complexity index is 405. The fourth-order valence-electron chi connectivity index (χ4n) is 2.51. The minimum absolute atomic E-state index is 0.0405. The van der Waals surface area contributed by atoms with Gasteiger partial charge in [-0.25, -0.2) is 0 Å². The molecule has 3 heteroatoms. The summed E-state index contributed by atoms with van der Waals surface area (Å²) in [6.45, 7) is 5.65. The van der Waals surface area contributed by atoms with E-state index < -0.39 is 0 Å². The SMILES string of the molecule is CN(CCOCC1CC1)C(C)(CN)CCc1ccccc1. The average Bonchev–Trinajstić information content (AvgIpc) is 3.34. The zero-order valence-electron chi connectivity index (χ0n) is 13.6. The summed E-state index contributed by atoms with van der Waals surface area (Å²) >= 11 is 0. The van der Waals surface area contributed by atoms with Gasteiger partial charge in [-0.15, -0.1) is 0 Å². The van der Waals surface area contributed by atoms with E-state index in [1.54, 1.807) is 0 Å². The number of nitrogens with zero attached hydrogens (tertiary/aromatic N) is 1. The smallest absolute Gasteiger partial charge is 0.0593 e. The van der Waals surface area contributed by atoms with Crippen molar-refractivity contribution < 1.29 is 4.74 Å². The van der Waals surface area contributed by atoms with Gasteiger partial charge in [-0.1, -0.05) is 30.3 Å². The number of nitrogens with two attached hydrogens (primary N) is 1. The second kappa shape index (κ2) is 7.92. The Morgan fingerprint density at radius 1 is 1.29 bits per heavy atom. The minimum Gasteiger partial charge on any atom is -0.380 e. The number of aryl methyl sites for hydroxylation is 1. The quantitative estimate of drug-likeness (QED) is 0.673. The van der Waals surface area contributed by atoms with Crippen LogP contribution in [0.5, 0.6) is 0 Å². The van der Waals surface area contributed by atoms with E-state index in [4.69, 9.17) is 10.5 Å². The molecular weight excluding hydrogens is 260 g/mol. The molecule has 1 aliphatic carbocycles. The molecule has 0 spiro atoms. The van der Waals surface area contributed by atoms with Gasteiger partial charge in [0.1, 0.15) is 0 Å². The van der Waals surface area contributed by atoms with E-state index in [-0.39, 0.29) is 5.54 Å². The Morgan fingerprint density at radius 2 is 2.00 bits per heavy atom. The highest BCUT2D eigenvalue weighted by atomic mass is 16.5. The van der Waals surface area contributed by atoms with E-state index in [0.717, 1.165) is 38.5 Å². The zero-order valence-corrected chi connectivity index (χ0v) is 13.6. The highest BCUT2D eigenvalue weighted by Crippen LogP contribution is 2.28. The first kappa shape index (κ1) is 16.5. The van der Waals surface area contributed by atoms with Gasteiger partial charge in [-0.2, -0.15) is 0 Å². The zero-order chi connectivity index (χ0) is 15.1. The lowest BCUT2D eigenvalue weighted by atomic mass is 9.91. The van der Waals surface area contributed by atoms with Crippen molar-refractivity contribution in [1.29, 1.82) is 0 Å². The van der Waals surface area contributed by atoms with E-state index in [0.29, 0.717) is 6.54 Å². The van der Waals surface area contributed by atoms with Crippen LogP contribution in [0.1, 0.15) is 31.7 Å². The molecule has 1 aromatic rings. The molecule has 1 atom stereocenters. The van der Waals surface area contributed by atoms with Gasteiger partial charge >= 0.3 is 0 Å². The molecule has 0 aromatic heterocycles. The van der Waals surface area contributed by atoms with Crippen LogP contribution in [0, 0.1) is 5.92 Å². The molecule has 2 rings (SSSR count). The fraction of sp³-hybridized carbons (Fsp3) is 0.667. The molecule has 1 unspecified atom stereocenters. The van der Waals surface area contributed by atoms with Crippen molar-refractivity contribution in [2.24, 2.45) is 11.7 Å². The second-order valence-corrected chi connectivity index (χ2v) is 6.63. The molecule has 0 aliphatic heterocycles. The largest absolute Gasteiger partial charge is 0.380 e. The van der Waals surface area contributed by atoms with E-state index in [9.17, 15) is 0 Å². The van der Waals surface area contributed by atoms with Gasteiger partial charge in [0.25, 0.3) is 0 Å². The Morgan fingerprint density at radius 3 is 2.62 bits per heavy atom. The molecule has 1 aliphatic rings. The first-order valence-electron chi connectivity index (χ1n) is 8.17. The third kappa shape index (κ3) is 5.42. The van der Waals surface area contributed by atoms with Crippen molar-refractivity contribution in [2.75, 3.05) is 33.4 Å². The molecule has 0 heterocycles. The molecular formula is C18H30N2O. The molecule has 2 N–H and O–H groups in total. The highest BCUT2D eigenvalue weighted by Gasteiger charge is 2.27. The Hall–Kier alpha value is -0.900. The van der Waals surface area contributed by atoms with Crippen molar-refractivity contribution in [1.82, 2.24) is 4.90 Å². The molecule has 3 nitrogen and oxygen atoms in total. The summed E-state index contributed by atoms with van der Waals surface area (Å²) in [5.41, 5.74) is 7.48. The monoisotopic (exact) mass is 290 g/mol. The minimum atomic E-state index is 0.0405. The van der Waals surface area contributed by atoms with E-state index >= 15 is 0 Å². The van der Waals surface area contributed by atoms with Crippen LogP contribution in [0.2, 0.25) is 0 Å². The van der Waals surface area contributed by atoms with Gasteiger partial charge in [-0.3, -0.25) is 4.90 Å². The van der Waals surface area contributed by atoms with Crippen LogP contribution in [-0.4, -0.2) is 43.8 Å². The van der Waals surface area contributed by atoms with Crippen molar-refractivity contribution >= 4 is 0 Å². The number of benzene rings is 1. The van der Waals surface area contributed by atoms with Gasteiger partial charge in [-0.05, 0) is 51.1 Å². The van der Waals surface area contributed by atoms with Crippen molar-refractivity contribution in [3.63, 3.8) is 0 Å². The Kier molecular flexibility index (Phi) is 6.22. The van der Waals surface area contributed by atoms with E-state index in [1.165, 1.54) is 18.4 Å². The van der Waals surface area contributed by atoms with Crippen LogP contribution in [-0.2, 0) is 11.2 Å². The van der Waals surface area contributed by atoms with Gasteiger partial charge in [0.2, 0.25) is 0 Å². The van der Waals surface area contributed by atoms with Crippen LogP contribution in [0.15, 0.2) is 30.3 Å². The molecule has 0 amide bonds. The van der Waals surface area contributed by atoms with Gasteiger partial charge in [0, 0.05) is 25.2 Å². The number of ether oxygens (including phenoxy) is 1. The predicted molar refractivity (Wildman–Crippen MR) is 88.4 cm³/mol. The lowest BCUT2D eigenvalue weighted by Gasteiger charge is -2.38. The number of likely N-dealkylation sites (N-methyl/N-ethyl adjacent to an activating group) is 1. The van der Waals surface area contributed by atoms with Gasteiger partial charge in [0.15, 0.2) is 0 Å². The predicted octanol–water partition coefficient (Wildman–Crippen LogP) is 2.70. The van der Waals surface area contributed by atoms with Gasteiger partial charge < -0.3 is 10.5 Å². The van der Waals surface area contributed by atoms with Crippen LogP contribution in [0.3, 0.4) is 0 Å². The van der Waals surface area contributed by atoms with Gasteiger partial charge in [0.05, 0.1) is 6.61 Å². The average molecular weight is 290 g/mol. The van der Waals surface area contributed by atoms with Crippen LogP contribution in [0.4, 0.5) is 0 Å². The molecule has 118 valence electrons. The Labute approximate surface area is 129 Å². The summed E-state index contributed by atoms with van der Waals surface area (Å²) in [4.78, 5) is 2.36. The van der Waals surface area contributed by atoms with Crippen LogP contribution in [0.25, 0.3) is 0 Å². The fourth-order valence-corrected chi connectivity index (χ4v) is 2.51. The molecule has 1 saturated carbocycles. The molecule has 0 saturated heterocycles. The summed E-state index contributed by atoms with van der Waals surface area (Å²) < 4.78 is 5.75. The number of rotatable bonds is 10. The maximum absolute atomic E-state index is 6.05. The molecule has 0 radical (unpaired) electrons. The van der Waals surface area contributed by atoms with E-state index in [2.05, 4.69) is 49.2 Å². The first-order chi connectivity index (χ1) is 10.1. The topological polar surface area (TPSA) is 38.5 Å². The van der Waals surface area contributed by atoms with E-state index in [1.807, 2.05) is 0 Å². The highest BCUT2D eigenvalue weighted by molar-refractivity contribution is 5.15. The summed E-state index contributed by atoms with van der Waals surface area (Å²) in [6.07, 6.45) is 4.86. The summed E-state index contributed by atoms with van der Waals surface area (Å²) in [5, 5.41) is 0. The van der Waals surface area contributed by atoms with Crippen molar-refractivity contribution in [3.8, 4) is 0 Å². The summed E-state index contributed by atoms with van der Waals surface area (Å²) in [7, 11) is 2.17. The van der Waals surface area contributed by atoms with Crippen molar-refractivity contribution in [2.45, 2.75) is 38.1 Å². The molecule has 1 fully saturated rings. The number of hydrogen-bond acceptors (Lipinski definition) is 3. The maximum Gasteiger partial charge on any atom is 0.0593 e.